The number of nitrogens with zero attached hydrogens (tertiary/aromatic N) is 2. The van der Waals surface area contributed by atoms with E-state index >= 15 is 0 Å². The SMILES string of the molecule is C1SS1.O=C(CCN1C(=O)C=CC1=O)NC1SS1.O=C(CCN1C(=O)C=CC1=O)NC1SS1.S=PP=S. The molecule has 0 aromatic heterocycles. The highest BCUT2D eigenvalue weighted by Gasteiger charge is 2.29. The van der Waals surface area contributed by atoms with Crippen molar-refractivity contribution in [2.24, 2.45) is 0 Å². The van der Waals surface area contributed by atoms with Crippen LogP contribution >= 0.6 is 78.9 Å². The van der Waals surface area contributed by atoms with Gasteiger partial charge in [0.05, 0.1) is 5.08 Å². The Labute approximate surface area is 250 Å². The highest BCUT2D eigenvalue weighted by molar-refractivity contribution is 8.93. The van der Waals surface area contributed by atoms with Crippen LogP contribution in [0.4, 0.5) is 0 Å². The van der Waals surface area contributed by atoms with Crippen LogP contribution in [0.15, 0.2) is 24.3 Å². The van der Waals surface area contributed by atoms with Gasteiger partial charge in [-0.05, 0) is 23.6 Å². The van der Waals surface area contributed by atoms with E-state index in [9.17, 15) is 28.8 Å². The van der Waals surface area contributed by atoms with E-state index in [-0.39, 0.29) is 70.8 Å². The molecule has 0 saturated carbocycles. The summed E-state index contributed by atoms with van der Waals surface area (Å²) in [6.07, 6.45) is 5.19. The normalized spacial score (nSPS) is 19.0. The third-order valence-corrected chi connectivity index (χ3v) is 11.2. The Kier molecular flexibility index (Phi) is 16.3. The molecule has 0 bridgehead atoms. The summed E-state index contributed by atoms with van der Waals surface area (Å²) in [6.45, 7) is 0.303. The highest BCUT2D eigenvalue weighted by Crippen LogP contribution is 2.51. The van der Waals surface area contributed by atoms with Gasteiger partial charge in [0, 0.05) is 64.3 Å². The van der Waals surface area contributed by atoms with Gasteiger partial charge in [-0.3, -0.25) is 38.6 Å². The molecule has 6 amide bonds. The van der Waals surface area contributed by atoms with E-state index in [1.807, 2.05) is 21.6 Å². The summed E-state index contributed by atoms with van der Waals surface area (Å²) in [5.41, 5.74) is 0. The fraction of sp³-hybridized carbons (Fsp3) is 0.412. The molecule has 200 valence electrons. The van der Waals surface area contributed by atoms with Gasteiger partial charge in [-0.25, -0.2) is 0 Å². The molecule has 0 spiro atoms. The maximum atomic E-state index is 11.3. The Bertz CT molecular complexity index is 880. The van der Waals surface area contributed by atoms with Gasteiger partial charge < -0.3 is 10.6 Å². The van der Waals surface area contributed by atoms with E-state index in [4.69, 9.17) is 0 Å². The summed E-state index contributed by atoms with van der Waals surface area (Å²) in [5, 5.41) is 6.78. The van der Waals surface area contributed by atoms with E-state index in [1.165, 1.54) is 29.4 Å². The summed E-state index contributed by atoms with van der Waals surface area (Å²) >= 11 is 8.82. The lowest BCUT2D eigenvalue weighted by atomic mass is 10.3. The first-order valence-electron chi connectivity index (χ1n) is 9.94. The lowest BCUT2D eigenvalue weighted by molar-refractivity contribution is -0.139. The zero-order chi connectivity index (χ0) is 27.2. The van der Waals surface area contributed by atoms with Crippen molar-refractivity contribution in [2.75, 3.05) is 18.2 Å². The number of hydrogen-bond donors (Lipinski definition) is 2. The van der Waals surface area contributed by atoms with Crippen LogP contribution < -0.4 is 10.6 Å². The zero-order valence-electron chi connectivity index (χ0n) is 18.5. The van der Waals surface area contributed by atoms with E-state index in [2.05, 4.69) is 34.2 Å². The first-order valence-corrected chi connectivity index (χ1v) is 21.5. The molecule has 20 heteroatoms. The monoisotopic (exact) mass is 692 g/mol. The minimum Gasteiger partial charge on any atom is -0.334 e. The van der Waals surface area contributed by atoms with Gasteiger partial charge in [-0.15, -0.1) is 0 Å². The molecule has 5 heterocycles. The standard InChI is InChI=1S/2C8H8N2O3S2.CH2S2.P2S2/c2*11-5(9-8-14-15-8)3-4-10-6(12)1-2-7(10)13;1-2-3-1;3-1-2-4/h2*1-2,8H,3-4H2,(H,9,11);1H2;. The van der Waals surface area contributed by atoms with Crippen molar-refractivity contribution in [3.05, 3.63) is 24.3 Å². The minimum atomic E-state index is -0.344. The average Bonchev–Trinajstić information content (AvgIpc) is 3.73. The third-order valence-electron chi connectivity index (χ3n) is 4.02. The number of rotatable bonds is 9. The maximum absolute atomic E-state index is 11.3. The average molecular weight is 693 g/mol. The van der Waals surface area contributed by atoms with Crippen molar-refractivity contribution in [2.45, 2.75) is 22.3 Å². The van der Waals surface area contributed by atoms with Crippen LogP contribution in [-0.4, -0.2) is 72.8 Å². The molecule has 2 N–H and O–H groups in total. The molecule has 37 heavy (non-hydrogen) atoms. The summed E-state index contributed by atoms with van der Waals surface area (Å²) in [4.78, 5) is 69.1. The molecule has 3 fully saturated rings. The second kappa shape index (κ2) is 18.2. The Morgan fingerprint density at radius 1 is 0.730 bits per heavy atom. The van der Waals surface area contributed by atoms with Gasteiger partial charge in [0.2, 0.25) is 11.8 Å². The predicted molar refractivity (Wildman–Crippen MR) is 164 cm³/mol. The Morgan fingerprint density at radius 2 is 1.03 bits per heavy atom. The highest BCUT2D eigenvalue weighted by atomic mass is 33.2. The fourth-order valence-electron chi connectivity index (χ4n) is 2.29. The van der Waals surface area contributed by atoms with Crippen LogP contribution in [0, 0.1) is 0 Å². The molecule has 3 saturated heterocycles. The van der Waals surface area contributed by atoms with Crippen LogP contribution in [0.5, 0.6) is 0 Å². The van der Waals surface area contributed by atoms with Gasteiger partial charge in [0.25, 0.3) is 23.6 Å². The lowest BCUT2D eigenvalue weighted by Gasteiger charge is -2.12. The smallest absolute Gasteiger partial charge is 0.253 e. The van der Waals surface area contributed by atoms with E-state index in [0.29, 0.717) is 0 Å². The summed E-state index contributed by atoms with van der Waals surface area (Å²) in [7, 11) is 11.9. The number of amides is 6. The Hall–Kier alpha value is -0.160. The number of carbonyl (C=O) groups is 6. The molecule has 5 aliphatic heterocycles. The fourth-order valence-corrected chi connectivity index (χ4v) is 4.03. The number of nitrogens with one attached hydrogen (secondary N) is 2. The van der Waals surface area contributed by atoms with Crippen LogP contribution in [0.25, 0.3) is 0 Å². The van der Waals surface area contributed by atoms with Crippen molar-refractivity contribution in [1.29, 1.82) is 0 Å². The van der Waals surface area contributed by atoms with E-state index in [0.717, 1.165) is 23.9 Å². The summed E-state index contributed by atoms with van der Waals surface area (Å²) in [6, 6.07) is 0. The van der Waals surface area contributed by atoms with Gasteiger partial charge in [0.1, 0.15) is 9.41 Å². The molecule has 10 nitrogen and oxygen atoms in total. The van der Waals surface area contributed by atoms with Crippen molar-refractivity contribution >= 4 is 138 Å². The molecular weight excluding hydrogens is 675 g/mol. The Balaban J connectivity index is 0.000000207. The zero-order valence-corrected chi connectivity index (χ0v) is 26.8. The maximum Gasteiger partial charge on any atom is 0.253 e. The summed E-state index contributed by atoms with van der Waals surface area (Å²) in [5.74, 6) is -1.65. The molecule has 0 radical (unpaired) electrons. The molecule has 0 unspecified atom stereocenters. The van der Waals surface area contributed by atoms with Crippen LogP contribution in [0.2, 0.25) is 0 Å². The third kappa shape index (κ3) is 15.3. The lowest BCUT2D eigenvalue weighted by Crippen LogP contribution is -2.34. The first-order chi connectivity index (χ1) is 17.7. The largest absolute Gasteiger partial charge is 0.334 e. The predicted octanol–water partition coefficient (Wildman–Crippen LogP) is 3.25. The van der Waals surface area contributed by atoms with Crippen molar-refractivity contribution < 1.29 is 28.8 Å². The summed E-state index contributed by atoms with van der Waals surface area (Å²) < 4.78 is 0.307. The van der Waals surface area contributed by atoms with Gasteiger partial charge >= 0.3 is 0 Å². The van der Waals surface area contributed by atoms with Gasteiger partial charge in [0.15, 0.2) is 0 Å². The van der Waals surface area contributed by atoms with Crippen molar-refractivity contribution in [3.8, 4) is 0 Å². The van der Waals surface area contributed by atoms with E-state index < -0.39 is 0 Å². The molecule has 0 aromatic rings. The number of imide groups is 2. The van der Waals surface area contributed by atoms with Gasteiger partial charge in [-0.1, -0.05) is 64.8 Å². The quantitative estimate of drug-likeness (QED) is 0.159. The second-order valence-electron chi connectivity index (χ2n) is 6.52. The molecule has 0 aliphatic carbocycles. The molecule has 0 atom stereocenters. The van der Waals surface area contributed by atoms with Crippen LogP contribution in [-0.2, 0) is 52.4 Å². The van der Waals surface area contributed by atoms with Crippen LogP contribution in [0.1, 0.15) is 12.8 Å². The number of hydrogen-bond acceptors (Lipinski definition) is 14. The molecular formula is C17H18N4O6P2S8. The van der Waals surface area contributed by atoms with Gasteiger partial charge in [-0.2, -0.15) is 0 Å². The Morgan fingerprint density at radius 3 is 1.24 bits per heavy atom. The minimum absolute atomic E-state index is 0.134. The molecule has 0 aromatic carbocycles. The van der Waals surface area contributed by atoms with E-state index in [1.54, 1.807) is 43.2 Å². The van der Waals surface area contributed by atoms with Crippen LogP contribution in [0.3, 0.4) is 0 Å². The van der Waals surface area contributed by atoms with Crippen molar-refractivity contribution in [1.82, 2.24) is 20.4 Å². The topological polar surface area (TPSA) is 133 Å². The first kappa shape index (κ1) is 33.0. The second-order valence-corrected chi connectivity index (χ2v) is 19.2. The molecule has 5 rings (SSSR count). The molecule has 5 aliphatic rings. The number of carbonyl (C=O) groups excluding carboxylic acids is 6. The van der Waals surface area contributed by atoms with Crippen molar-refractivity contribution in [3.63, 3.8) is 0 Å².